The molecule has 0 spiro atoms. The van der Waals surface area contributed by atoms with E-state index in [1.54, 1.807) is 13.1 Å². The van der Waals surface area contributed by atoms with Gasteiger partial charge in [0.1, 0.15) is 6.61 Å². The van der Waals surface area contributed by atoms with Crippen molar-refractivity contribution in [3.8, 4) is 0 Å². The van der Waals surface area contributed by atoms with Crippen LogP contribution in [0.2, 0.25) is 0 Å². The van der Waals surface area contributed by atoms with Gasteiger partial charge in [-0.15, -0.1) is 0 Å². The Morgan fingerprint density at radius 2 is 1.88 bits per heavy atom. The topological polar surface area (TPSA) is 50.8 Å². The van der Waals surface area contributed by atoms with Crippen LogP contribution in [0.15, 0.2) is 36.6 Å². The Balaban J connectivity index is 0.00000301. The average molecular weight is 367 g/mol. The lowest BCUT2D eigenvalue weighted by Gasteiger charge is -2.31. The van der Waals surface area contributed by atoms with E-state index in [4.69, 9.17) is 9.47 Å². The summed E-state index contributed by atoms with van der Waals surface area (Å²) in [6, 6.07) is 0. The summed E-state index contributed by atoms with van der Waals surface area (Å²) in [6.07, 6.45) is 10.3. The monoisotopic (exact) mass is 366 g/mol. The van der Waals surface area contributed by atoms with E-state index in [0.29, 0.717) is 25.6 Å². The van der Waals surface area contributed by atoms with E-state index in [2.05, 4.69) is 16.8 Å². The van der Waals surface area contributed by atoms with E-state index in [1.807, 2.05) is 39.0 Å². The summed E-state index contributed by atoms with van der Waals surface area (Å²) in [5, 5.41) is 2.70. The molecule has 1 fully saturated rings. The molecule has 5 nitrogen and oxygen atoms in total. The molecule has 1 aliphatic rings. The highest BCUT2D eigenvalue weighted by atomic mass is 16.5. The summed E-state index contributed by atoms with van der Waals surface area (Å²) in [6.45, 7) is 14.5. The van der Waals surface area contributed by atoms with Gasteiger partial charge in [-0.1, -0.05) is 38.7 Å². The number of nitrogens with one attached hydrogen (secondary N) is 1. The van der Waals surface area contributed by atoms with Gasteiger partial charge in [0.2, 0.25) is 5.91 Å². The zero-order chi connectivity index (χ0) is 19.6. The average Bonchev–Trinajstić information content (AvgIpc) is 2.67. The Morgan fingerprint density at radius 3 is 2.50 bits per heavy atom. The minimum absolute atomic E-state index is 0.154. The maximum atomic E-state index is 11.4. The number of likely N-dealkylation sites (tertiary alicyclic amines) is 1. The first-order valence-electron chi connectivity index (χ1n) is 9.75. The molecular weight excluding hydrogens is 328 g/mol. The smallest absolute Gasteiger partial charge is 0.220 e. The van der Waals surface area contributed by atoms with Crippen molar-refractivity contribution in [1.29, 1.82) is 0 Å². The van der Waals surface area contributed by atoms with Crippen LogP contribution in [0.4, 0.5) is 0 Å². The number of hydrogen-bond acceptors (Lipinski definition) is 4. The molecule has 0 bridgehead atoms. The molecule has 0 atom stereocenters. The Labute approximate surface area is 160 Å². The molecule has 5 heteroatoms. The first-order chi connectivity index (χ1) is 12.7. The van der Waals surface area contributed by atoms with Gasteiger partial charge in [-0.25, -0.2) is 0 Å². The van der Waals surface area contributed by atoms with Crippen LogP contribution in [0.3, 0.4) is 0 Å². The second kappa shape index (κ2) is 16.9. The van der Waals surface area contributed by atoms with Gasteiger partial charge in [0.15, 0.2) is 0 Å². The molecule has 1 saturated heterocycles. The quantitative estimate of drug-likeness (QED) is 0.345. The standard InChI is InChI=1S/C19H32N2O3.C2H6/c1-4-5-6-7-17(2)24-15-14-23-13-12-21-10-8-18(9-11-21)16-19(22)20-3;1-2/h4-7,18H,1,8-16H2,2-3H3,(H,20,22);1-2H3/b6-5-,17-7+;. The lowest BCUT2D eigenvalue weighted by Crippen LogP contribution is -2.37. The summed E-state index contributed by atoms with van der Waals surface area (Å²) in [7, 11) is 1.70. The molecule has 0 saturated carbocycles. The molecule has 1 amide bonds. The van der Waals surface area contributed by atoms with Gasteiger partial charge in [-0.2, -0.15) is 0 Å². The zero-order valence-corrected chi connectivity index (χ0v) is 17.1. The van der Waals surface area contributed by atoms with Crippen LogP contribution in [0.25, 0.3) is 0 Å². The van der Waals surface area contributed by atoms with Crippen molar-refractivity contribution >= 4 is 5.91 Å². The van der Waals surface area contributed by atoms with E-state index >= 15 is 0 Å². The number of allylic oxidation sites excluding steroid dienone is 5. The van der Waals surface area contributed by atoms with Crippen molar-refractivity contribution in [2.24, 2.45) is 5.92 Å². The minimum Gasteiger partial charge on any atom is -0.496 e. The third-order valence-corrected chi connectivity index (χ3v) is 4.15. The van der Waals surface area contributed by atoms with E-state index in [1.165, 1.54) is 0 Å². The highest BCUT2D eigenvalue weighted by molar-refractivity contribution is 5.75. The van der Waals surface area contributed by atoms with Gasteiger partial charge in [-0.3, -0.25) is 4.79 Å². The summed E-state index contributed by atoms with van der Waals surface area (Å²) < 4.78 is 11.2. The zero-order valence-electron chi connectivity index (χ0n) is 17.1. The molecule has 1 aliphatic heterocycles. The van der Waals surface area contributed by atoms with Crippen LogP contribution >= 0.6 is 0 Å². The van der Waals surface area contributed by atoms with Crippen LogP contribution in [0.5, 0.6) is 0 Å². The molecule has 0 aromatic rings. The largest absolute Gasteiger partial charge is 0.496 e. The Bertz CT molecular complexity index is 425. The number of nitrogens with zero attached hydrogens (tertiary/aromatic N) is 1. The second-order valence-electron chi connectivity index (χ2n) is 6.02. The van der Waals surface area contributed by atoms with Gasteiger partial charge in [0, 0.05) is 20.0 Å². The molecular formula is C21H38N2O3. The van der Waals surface area contributed by atoms with E-state index in [-0.39, 0.29) is 5.91 Å². The lowest BCUT2D eigenvalue weighted by atomic mass is 9.93. The molecule has 0 unspecified atom stereocenters. The Morgan fingerprint density at radius 1 is 1.19 bits per heavy atom. The van der Waals surface area contributed by atoms with E-state index < -0.39 is 0 Å². The fraction of sp³-hybridized carbons (Fsp3) is 0.667. The van der Waals surface area contributed by atoms with Gasteiger partial charge in [0.05, 0.1) is 19.0 Å². The van der Waals surface area contributed by atoms with Crippen molar-refractivity contribution in [2.75, 3.05) is 46.5 Å². The summed E-state index contributed by atoms with van der Waals surface area (Å²) in [5.74, 6) is 1.55. The number of amides is 1. The predicted octanol–water partition coefficient (Wildman–Crippen LogP) is 3.54. The summed E-state index contributed by atoms with van der Waals surface area (Å²) >= 11 is 0. The first kappa shape index (κ1) is 24.4. The number of piperidine rings is 1. The molecule has 150 valence electrons. The van der Waals surface area contributed by atoms with Gasteiger partial charge in [-0.05, 0) is 44.8 Å². The van der Waals surface area contributed by atoms with E-state index in [0.717, 1.165) is 44.8 Å². The van der Waals surface area contributed by atoms with Gasteiger partial charge >= 0.3 is 0 Å². The summed E-state index contributed by atoms with van der Waals surface area (Å²) in [4.78, 5) is 13.8. The third-order valence-electron chi connectivity index (χ3n) is 4.15. The van der Waals surface area contributed by atoms with Crippen molar-refractivity contribution < 1.29 is 14.3 Å². The predicted molar refractivity (Wildman–Crippen MR) is 109 cm³/mol. The molecule has 1 N–H and O–H groups in total. The molecule has 26 heavy (non-hydrogen) atoms. The molecule has 0 aromatic carbocycles. The van der Waals surface area contributed by atoms with Crippen LogP contribution < -0.4 is 5.32 Å². The van der Waals surface area contributed by atoms with Crippen molar-refractivity contribution in [3.05, 3.63) is 36.6 Å². The van der Waals surface area contributed by atoms with Crippen LogP contribution in [0.1, 0.15) is 40.0 Å². The number of hydrogen-bond donors (Lipinski definition) is 1. The highest BCUT2D eigenvalue weighted by Crippen LogP contribution is 2.19. The number of carbonyl (C=O) groups excluding carboxylic acids is 1. The SMILES string of the molecule is C=C/C=C\C=C(/C)OCCOCCN1CCC(CC(=O)NC)CC1.CC. The minimum atomic E-state index is 0.154. The maximum Gasteiger partial charge on any atom is 0.220 e. The lowest BCUT2D eigenvalue weighted by molar-refractivity contribution is -0.121. The number of rotatable bonds is 11. The fourth-order valence-electron chi connectivity index (χ4n) is 2.65. The fourth-order valence-corrected chi connectivity index (χ4v) is 2.65. The van der Waals surface area contributed by atoms with Crippen LogP contribution in [-0.2, 0) is 14.3 Å². The molecule has 1 heterocycles. The molecule has 1 rings (SSSR count). The highest BCUT2D eigenvalue weighted by Gasteiger charge is 2.20. The normalized spacial score (nSPS) is 16.1. The second-order valence-corrected chi connectivity index (χ2v) is 6.02. The molecule has 0 aliphatic carbocycles. The Kier molecular flexibility index (Phi) is 15.8. The number of carbonyl (C=O) groups is 1. The van der Waals surface area contributed by atoms with E-state index in [9.17, 15) is 4.79 Å². The molecule has 0 radical (unpaired) electrons. The maximum absolute atomic E-state index is 11.4. The van der Waals surface area contributed by atoms with Crippen molar-refractivity contribution in [3.63, 3.8) is 0 Å². The third kappa shape index (κ3) is 12.7. The summed E-state index contributed by atoms with van der Waals surface area (Å²) in [5.41, 5.74) is 0. The van der Waals surface area contributed by atoms with Crippen molar-refractivity contribution in [1.82, 2.24) is 10.2 Å². The molecule has 0 aromatic heterocycles. The number of ether oxygens (including phenoxy) is 2. The van der Waals surface area contributed by atoms with Crippen LogP contribution in [0, 0.1) is 5.92 Å². The first-order valence-corrected chi connectivity index (χ1v) is 9.75. The van der Waals surface area contributed by atoms with Gasteiger partial charge in [0.25, 0.3) is 0 Å². The Hall–Kier alpha value is -1.59. The van der Waals surface area contributed by atoms with Crippen molar-refractivity contribution in [2.45, 2.75) is 40.0 Å². The van der Waals surface area contributed by atoms with Crippen LogP contribution in [-0.4, -0.2) is 57.3 Å². The van der Waals surface area contributed by atoms with Gasteiger partial charge < -0.3 is 19.7 Å².